The van der Waals surface area contributed by atoms with Crippen molar-refractivity contribution in [1.82, 2.24) is 10.2 Å². The quantitative estimate of drug-likeness (QED) is 0.776. The van der Waals surface area contributed by atoms with E-state index in [1.54, 1.807) is 24.3 Å². The molecule has 2 rings (SSSR count). The van der Waals surface area contributed by atoms with Gasteiger partial charge in [0, 0.05) is 13.0 Å². The number of urea groups is 1. The predicted octanol–water partition coefficient (Wildman–Crippen LogP) is 0.439. The maximum absolute atomic E-state index is 11.8. The highest BCUT2D eigenvalue weighted by molar-refractivity contribution is 6.02. The Balaban J connectivity index is 1.92. The highest BCUT2D eigenvalue weighted by atomic mass is 16.2. The van der Waals surface area contributed by atoms with E-state index in [4.69, 9.17) is 5.26 Å². The smallest absolute Gasteiger partial charge is 0.324 e. The van der Waals surface area contributed by atoms with Gasteiger partial charge < -0.3 is 10.6 Å². The molecule has 0 unspecified atom stereocenters. The van der Waals surface area contributed by atoms with E-state index in [1.807, 2.05) is 6.07 Å². The van der Waals surface area contributed by atoms with Crippen molar-refractivity contribution in [2.24, 2.45) is 0 Å². The van der Waals surface area contributed by atoms with Crippen LogP contribution in [0.25, 0.3) is 0 Å². The van der Waals surface area contributed by atoms with E-state index in [1.165, 1.54) is 0 Å². The largest absolute Gasteiger partial charge is 0.329 e. The summed E-state index contributed by atoms with van der Waals surface area (Å²) in [6.07, 6.45) is -0.0150. The Hall–Kier alpha value is -2.88. The zero-order valence-electron chi connectivity index (χ0n) is 10.5. The summed E-state index contributed by atoms with van der Waals surface area (Å²) in [6, 6.07) is 8.09. The Morgan fingerprint density at radius 3 is 2.80 bits per heavy atom. The van der Waals surface area contributed by atoms with Gasteiger partial charge in [-0.25, -0.2) is 4.79 Å². The second kappa shape index (κ2) is 5.84. The summed E-state index contributed by atoms with van der Waals surface area (Å²) in [6.45, 7) is -0.0110. The number of carbonyl (C=O) groups is 3. The summed E-state index contributed by atoms with van der Waals surface area (Å²) >= 11 is 0. The molecule has 0 saturated carbocycles. The number of rotatable bonds is 4. The van der Waals surface area contributed by atoms with E-state index >= 15 is 0 Å². The minimum Gasteiger partial charge on any atom is -0.329 e. The molecule has 20 heavy (non-hydrogen) atoms. The van der Waals surface area contributed by atoms with Gasteiger partial charge in [0.15, 0.2) is 0 Å². The molecule has 7 heteroatoms. The molecule has 0 bridgehead atoms. The van der Waals surface area contributed by atoms with Gasteiger partial charge in [0.2, 0.25) is 11.8 Å². The first-order valence-electron chi connectivity index (χ1n) is 5.99. The molecule has 1 aliphatic rings. The van der Waals surface area contributed by atoms with Crippen LogP contribution in [0.3, 0.4) is 0 Å². The molecular formula is C13H12N4O3. The highest BCUT2D eigenvalue weighted by Crippen LogP contribution is 2.13. The summed E-state index contributed by atoms with van der Waals surface area (Å²) in [5.41, 5.74) is 0.771. The minimum atomic E-state index is -0.486. The van der Waals surface area contributed by atoms with Gasteiger partial charge in [0.25, 0.3) is 0 Å². The fourth-order valence-corrected chi connectivity index (χ4v) is 1.80. The third-order valence-corrected chi connectivity index (χ3v) is 2.82. The Morgan fingerprint density at radius 1 is 1.40 bits per heavy atom. The number of carbonyl (C=O) groups excluding carboxylic acids is 3. The average Bonchev–Trinajstić information content (AvgIpc) is 2.76. The van der Waals surface area contributed by atoms with Crippen molar-refractivity contribution >= 4 is 23.5 Å². The van der Waals surface area contributed by atoms with Gasteiger partial charge in [0.05, 0.1) is 17.8 Å². The molecule has 2 N–H and O–H groups in total. The van der Waals surface area contributed by atoms with E-state index < -0.39 is 6.03 Å². The first-order valence-corrected chi connectivity index (χ1v) is 5.99. The van der Waals surface area contributed by atoms with Crippen molar-refractivity contribution in [3.8, 4) is 6.07 Å². The van der Waals surface area contributed by atoms with Crippen LogP contribution < -0.4 is 10.6 Å². The predicted molar refractivity (Wildman–Crippen MR) is 69.5 cm³/mol. The third kappa shape index (κ3) is 2.92. The fraction of sp³-hybridized carbons (Fsp3) is 0.231. The van der Waals surface area contributed by atoms with Gasteiger partial charge in [-0.3, -0.25) is 14.5 Å². The summed E-state index contributed by atoms with van der Waals surface area (Å²) in [4.78, 5) is 35.4. The molecular weight excluding hydrogens is 260 g/mol. The van der Waals surface area contributed by atoms with E-state index in [-0.39, 0.29) is 31.3 Å². The Morgan fingerprint density at radius 2 is 2.15 bits per heavy atom. The number of hydrogen-bond donors (Lipinski definition) is 2. The molecule has 0 atom stereocenters. The van der Waals surface area contributed by atoms with Gasteiger partial charge in [-0.05, 0) is 12.1 Å². The van der Waals surface area contributed by atoms with Gasteiger partial charge in [-0.15, -0.1) is 0 Å². The van der Waals surface area contributed by atoms with Crippen LogP contribution in [-0.2, 0) is 9.59 Å². The number of nitrogens with zero attached hydrogens (tertiary/aromatic N) is 2. The number of para-hydroxylation sites is 1. The van der Waals surface area contributed by atoms with E-state index in [9.17, 15) is 14.4 Å². The second-order valence-corrected chi connectivity index (χ2v) is 4.16. The molecule has 0 radical (unpaired) electrons. The number of benzene rings is 1. The zero-order valence-corrected chi connectivity index (χ0v) is 10.5. The van der Waals surface area contributed by atoms with Crippen molar-refractivity contribution in [2.45, 2.75) is 6.42 Å². The van der Waals surface area contributed by atoms with Crippen molar-refractivity contribution in [1.29, 1.82) is 5.26 Å². The molecule has 1 heterocycles. The van der Waals surface area contributed by atoms with Crippen LogP contribution in [0.2, 0.25) is 0 Å². The Kier molecular flexibility index (Phi) is 3.96. The number of nitrogens with one attached hydrogen (secondary N) is 2. The molecule has 0 aromatic heterocycles. The maximum Gasteiger partial charge on any atom is 0.324 e. The van der Waals surface area contributed by atoms with Crippen LogP contribution >= 0.6 is 0 Å². The van der Waals surface area contributed by atoms with Crippen molar-refractivity contribution in [2.75, 3.05) is 18.4 Å². The summed E-state index contributed by atoms with van der Waals surface area (Å²) < 4.78 is 0. The lowest BCUT2D eigenvalue weighted by Crippen LogP contribution is -2.33. The molecule has 1 saturated heterocycles. The number of anilines is 1. The lowest BCUT2D eigenvalue weighted by molar-refractivity contribution is -0.125. The molecule has 0 aliphatic carbocycles. The lowest BCUT2D eigenvalue weighted by atomic mass is 10.2. The van der Waals surface area contributed by atoms with E-state index in [0.29, 0.717) is 11.3 Å². The van der Waals surface area contributed by atoms with Crippen molar-refractivity contribution < 1.29 is 14.4 Å². The molecule has 4 amide bonds. The normalized spacial score (nSPS) is 13.8. The fourth-order valence-electron chi connectivity index (χ4n) is 1.80. The molecule has 1 aliphatic heterocycles. The van der Waals surface area contributed by atoms with Crippen LogP contribution in [0.4, 0.5) is 10.5 Å². The van der Waals surface area contributed by atoms with Gasteiger partial charge >= 0.3 is 6.03 Å². The summed E-state index contributed by atoms with van der Waals surface area (Å²) in [5, 5.41) is 13.9. The van der Waals surface area contributed by atoms with Crippen molar-refractivity contribution in [3.63, 3.8) is 0 Å². The first-order chi connectivity index (χ1) is 9.61. The monoisotopic (exact) mass is 272 g/mol. The number of hydrogen-bond acceptors (Lipinski definition) is 4. The molecule has 1 aromatic rings. The first kappa shape index (κ1) is 13.5. The second-order valence-electron chi connectivity index (χ2n) is 4.16. The molecule has 102 valence electrons. The summed E-state index contributed by atoms with van der Waals surface area (Å²) in [5.74, 6) is -0.708. The minimum absolute atomic E-state index is 0.0150. The Bertz CT molecular complexity index is 590. The SMILES string of the molecule is N#Cc1ccccc1NC(=O)CCN1C(=O)CNC1=O. The van der Waals surface area contributed by atoms with Crippen LogP contribution in [0.5, 0.6) is 0 Å². The number of amides is 4. The molecule has 7 nitrogen and oxygen atoms in total. The van der Waals surface area contributed by atoms with E-state index in [2.05, 4.69) is 10.6 Å². The molecule has 1 fully saturated rings. The molecule has 1 aromatic carbocycles. The third-order valence-electron chi connectivity index (χ3n) is 2.82. The maximum atomic E-state index is 11.8. The summed E-state index contributed by atoms with van der Waals surface area (Å²) in [7, 11) is 0. The standard InChI is InChI=1S/C13H12N4O3/c14-7-9-3-1-2-4-10(9)16-11(18)5-6-17-12(19)8-15-13(17)20/h1-4H,5-6,8H2,(H,15,20)(H,16,18). The average molecular weight is 272 g/mol. The van der Waals surface area contributed by atoms with E-state index in [0.717, 1.165) is 4.90 Å². The van der Waals surface area contributed by atoms with Crippen LogP contribution in [0.15, 0.2) is 24.3 Å². The van der Waals surface area contributed by atoms with Crippen LogP contribution in [-0.4, -0.2) is 35.8 Å². The van der Waals surface area contributed by atoms with Crippen LogP contribution in [0.1, 0.15) is 12.0 Å². The van der Waals surface area contributed by atoms with Crippen molar-refractivity contribution in [3.05, 3.63) is 29.8 Å². The number of nitriles is 1. The van der Waals surface area contributed by atoms with Crippen LogP contribution in [0, 0.1) is 11.3 Å². The van der Waals surface area contributed by atoms with Gasteiger partial charge in [-0.1, -0.05) is 12.1 Å². The lowest BCUT2D eigenvalue weighted by Gasteiger charge is -2.12. The molecule has 0 spiro atoms. The van der Waals surface area contributed by atoms with Gasteiger partial charge in [-0.2, -0.15) is 5.26 Å². The zero-order chi connectivity index (χ0) is 14.5. The van der Waals surface area contributed by atoms with Gasteiger partial charge in [0.1, 0.15) is 6.07 Å². The highest BCUT2D eigenvalue weighted by Gasteiger charge is 2.28. The number of imide groups is 1. The Labute approximate surface area is 115 Å². The topological polar surface area (TPSA) is 102 Å².